The van der Waals surface area contributed by atoms with Crippen LogP contribution in [0.2, 0.25) is 0 Å². The molecule has 0 aliphatic rings. The molecular formula is C14H13FO2S. The highest BCUT2D eigenvalue weighted by molar-refractivity contribution is 7.14. The lowest BCUT2D eigenvalue weighted by atomic mass is 10.1. The molecule has 0 atom stereocenters. The number of hydrogen-bond donors (Lipinski definition) is 0. The van der Waals surface area contributed by atoms with Crippen LogP contribution in [0.5, 0.6) is 5.75 Å². The topological polar surface area (TPSA) is 26.3 Å². The van der Waals surface area contributed by atoms with Gasteiger partial charge in [0.05, 0.1) is 17.6 Å². The molecule has 0 saturated carbocycles. The Morgan fingerprint density at radius 3 is 2.67 bits per heavy atom. The SMILES string of the molecule is CCc1ccc(C(=O)c2ccc(OC)cc2F)s1. The van der Waals surface area contributed by atoms with Crippen molar-refractivity contribution in [1.82, 2.24) is 0 Å². The van der Waals surface area contributed by atoms with Gasteiger partial charge in [0, 0.05) is 10.9 Å². The summed E-state index contributed by atoms with van der Waals surface area (Å²) in [4.78, 5) is 13.8. The van der Waals surface area contributed by atoms with Crippen molar-refractivity contribution < 1.29 is 13.9 Å². The fourth-order valence-corrected chi connectivity index (χ4v) is 2.53. The highest BCUT2D eigenvalue weighted by atomic mass is 32.1. The van der Waals surface area contributed by atoms with Gasteiger partial charge in [0.15, 0.2) is 0 Å². The van der Waals surface area contributed by atoms with Gasteiger partial charge >= 0.3 is 0 Å². The quantitative estimate of drug-likeness (QED) is 0.787. The lowest BCUT2D eigenvalue weighted by Gasteiger charge is -2.03. The van der Waals surface area contributed by atoms with Crippen molar-refractivity contribution in [2.75, 3.05) is 7.11 Å². The summed E-state index contributed by atoms with van der Waals surface area (Å²) in [6.45, 7) is 2.02. The minimum Gasteiger partial charge on any atom is -0.497 e. The zero-order chi connectivity index (χ0) is 13.1. The van der Waals surface area contributed by atoms with Crippen molar-refractivity contribution in [3.8, 4) is 5.75 Å². The number of carbonyl (C=O) groups is 1. The zero-order valence-electron chi connectivity index (χ0n) is 10.2. The third-order valence-electron chi connectivity index (χ3n) is 2.65. The molecule has 4 heteroatoms. The van der Waals surface area contributed by atoms with E-state index in [1.54, 1.807) is 12.1 Å². The van der Waals surface area contributed by atoms with Crippen molar-refractivity contribution >= 4 is 17.1 Å². The maximum atomic E-state index is 13.8. The number of ether oxygens (including phenoxy) is 1. The van der Waals surface area contributed by atoms with E-state index in [0.29, 0.717) is 10.6 Å². The summed E-state index contributed by atoms with van der Waals surface area (Å²) in [7, 11) is 1.46. The minimum atomic E-state index is -0.550. The number of benzene rings is 1. The molecule has 94 valence electrons. The second-order valence-electron chi connectivity index (χ2n) is 3.79. The molecule has 0 spiro atoms. The number of aryl methyl sites for hydroxylation is 1. The van der Waals surface area contributed by atoms with E-state index in [1.165, 1.54) is 30.6 Å². The van der Waals surface area contributed by atoms with Crippen LogP contribution in [0.3, 0.4) is 0 Å². The van der Waals surface area contributed by atoms with Crippen LogP contribution >= 0.6 is 11.3 Å². The first kappa shape index (κ1) is 12.8. The van der Waals surface area contributed by atoms with Crippen LogP contribution in [0.1, 0.15) is 27.0 Å². The van der Waals surface area contributed by atoms with Crippen molar-refractivity contribution in [3.05, 3.63) is 51.5 Å². The van der Waals surface area contributed by atoms with Crippen LogP contribution in [0.15, 0.2) is 30.3 Å². The van der Waals surface area contributed by atoms with Crippen LogP contribution in [0, 0.1) is 5.82 Å². The fourth-order valence-electron chi connectivity index (χ4n) is 1.63. The summed E-state index contributed by atoms with van der Waals surface area (Å²) in [5.74, 6) is -0.421. The molecule has 0 saturated heterocycles. The normalized spacial score (nSPS) is 10.4. The maximum Gasteiger partial charge on any atom is 0.205 e. The Bertz CT molecular complexity index is 575. The predicted molar refractivity (Wildman–Crippen MR) is 70.1 cm³/mol. The molecule has 1 aromatic heterocycles. The van der Waals surface area contributed by atoms with E-state index in [1.807, 2.05) is 13.0 Å². The molecule has 18 heavy (non-hydrogen) atoms. The molecule has 1 aromatic carbocycles. The Balaban J connectivity index is 2.33. The van der Waals surface area contributed by atoms with Gasteiger partial charge in [0.25, 0.3) is 0 Å². The smallest absolute Gasteiger partial charge is 0.205 e. The molecule has 0 N–H and O–H groups in total. The molecule has 0 aliphatic carbocycles. The average Bonchev–Trinajstić information content (AvgIpc) is 2.86. The van der Waals surface area contributed by atoms with Crippen molar-refractivity contribution in [2.24, 2.45) is 0 Å². The van der Waals surface area contributed by atoms with Gasteiger partial charge in [-0.1, -0.05) is 6.92 Å². The number of halogens is 1. The van der Waals surface area contributed by atoms with E-state index >= 15 is 0 Å². The molecule has 0 amide bonds. The standard InChI is InChI=1S/C14H13FO2S/c1-3-10-5-7-13(18-10)14(16)11-6-4-9(17-2)8-12(11)15/h4-8H,3H2,1-2H3. The lowest BCUT2D eigenvalue weighted by molar-refractivity contribution is 0.103. The van der Waals surface area contributed by atoms with Gasteiger partial charge in [-0.15, -0.1) is 11.3 Å². The Labute approximate surface area is 109 Å². The number of methoxy groups -OCH3 is 1. The van der Waals surface area contributed by atoms with Crippen LogP contribution in [0.4, 0.5) is 4.39 Å². The Morgan fingerprint density at radius 1 is 1.33 bits per heavy atom. The summed E-state index contributed by atoms with van der Waals surface area (Å²) in [5, 5.41) is 0. The molecule has 0 radical (unpaired) electrons. The average molecular weight is 264 g/mol. The van der Waals surface area contributed by atoms with Crippen LogP contribution in [-0.2, 0) is 6.42 Å². The summed E-state index contributed by atoms with van der Waals surface area (Å²) in [5.41, 5.74) is 0.0836. The Morgan fingerprint density at radius 2 is 2.11 bits per heavy atom. The monoisotopic (exact) mass is 264 g/mol. The molecule has 0 fully saturated rings. The van der Waals surface area contributed by atoms with Gasteiger partial charge < -0.3 is 4.74 Å². The van der Waals surface area contributed by atoms with Crippen LogP contribution < -0.4 is 4.74 Å². The van der Waals surface area contributed by atoms with Gasteiger partial charge in [-0.3, -0.25) is 4.79 Å². The van der Waals surface area contributed by atoms with E-state index in [4.69, 9.17) is 4.74 Å². The van der Waals surface area contributed by atoms with E-state index < -0.39 is 5.82 Å². The van der Waals surface area contributed by atoms with E-state index in [-0.39, 0.29) is 11.3 Å². The van der Waals surface area contributed by atoms with Crippen molar-refractivity contribution in [1.29, 1.82) is 0 Å². The molecule has 1 heterocycles. The van der Waals surface area contributed by atoms with E-state index in [9.17, 15) is 9.18 Å². The third kappa shape index (κ3) is 2.43. The van der Waals surface area contributed by atoms with Crippen LogP contribution in [-0.4, -0.2) is 12.9 Å². The summed E-state index contributed by atoms with van der Waals surface area (Å²) in [6, 6.07) is 7.92. The minimum absolute atomic E-state index is 0.0836. The van der Waals surface area contributed by atoms with Gasteiger partial charge in [-0.05, 0) is 30.7 Å². The maximum absolute atomic E-state index is 13.8. The molecule has 0 aliphatic heterocycles. The highest BCUT2D eigenvalue weighted by Crippen LogP contribution is 2.23. The molecule has 2 nitrogen and oxygen atoms in total. The third-order valence-corrected chi connectivity index (χ3v) is 3.88. The van der Waals surface area contributed by atoms with Gasteiger partial charge in [-0.25, -0.2) is 4.39 Å². The number of rotatable bonds is 4. The highest BCUT2D eigenvalue weighted by Gasteiger charge is 2.16. The Hall–Kier alpha value is -1.68. The first-order chi connectivity index (χ1) is 8.65. The number of ketones is 1. The second kappa shape index (κ2) is 5.31. The fraction of sp³-hybridized carbons (Fsp3) is 0.214. The molecule has 2 aromatic rings. The van der Waals surface area contributed by atoms with Gasteiger partial charge in [0.2, 0.25) is 5.78 Å². The summed E-state index contributed by atoms with van der Waals surface area (Å²) < 4.78 is 18.7. The Kier molecular flexibility index (Phi) is 3.77. The second-order valence-corrected chi connectivity index (χ2v) is 4.96. The van der Waals surface area contributed by atoms with E-state index in [0.717, 1.165) is 11.3 Å². The predicted octanol–water partition coefficient (Wildman–Crippen LogP) is 3.69. The van der Waals surface area contributed by atoms with E-state index in [2.05, 4.69) is 0 Å². The van der Waals surface area contributed by atoms with Crippen LogP contribution in [0.25, 0.3) is 0 Å². The van der Waals surface area contributed by atoms with Gasteiger partial charge in [-0.2, -0.15) is 0 Å². The molecule has 2 rings (SSSR count). The van der Waals surface area contributed by atoms with Crippen molar-refractivity contribution in [3.63, 3.8) is 0 Å². The number of hydrogen-bond acceptors (Lipinski definition) is 3. The summed E-state index contributed by atoms with van der Waals surface area (Å²) >= 11 is 1.41. The first-order valence-corrected chi connectivity index (χ1v) is 6.44. The molecule has 0 unspecified atom stereocenters. The first-order valence-electron chi connectivity index (χ1n) is 5.62. The number of thiophene rings is 1. The molecule has 0 bridgehead atoms. The van der Waals surface area contributed by atoms with Gasteiger partial charge in [0.1, 0.15) is 11.6 Å². The molecular weight excluding hydrogens is 251 g/mol. The van der Waals surface area contributed by atoms with Crippen molar-refractivity contribution in [2.45, 2.75) is 13.3 Å². The number of carbonyl (C=O) groups excluding carboxylic acids is 1. The summed E-state index contributed by atoms with van der Waals surface area (Å²) in [6.07, 6.45) is 0.878. The largest absolute Gasteiger partial charge is 0.497 e. The lowest BCUT2D eigenvalue weighted by Crippen LogP contribution is -2.02. The zero-order valence-corrected chi connectivity index (χ0v) is 11.0.